The molecule has 2 aromatic rings. The van der Waals surface area contributed by atoms with E-state index < -0.39 is 5.63 Å². The van der Waals surface area contributed by atoms with Crippen LogP contribution < -0.4 is 10.9 Å². The zero-order chi connectivity index (χ0) is 16.1. The molecule has 6 heteroatoms. The molecule has 1 amide bonds. The van der Waals surface area contributed by atoms with Crippen molar-refractivity contribution in [1.82, 2.24) is 10.2 Å². The Labute approximate surface area is 147 Å². The lowest BCUT2D eigenvalue weighted by Crippen LogP contribution is -2.29. The Morgan fingerprint density at radius 3 is 2.71 bits per heavy atom. The Kier molecular flexibility index (Phi) is 6.82. The van der Waals surface area contributed by atoms with Gasteiger partial charge in [0.25, 0.3) is 5.91 Å². The van der Waals surface area contributed by atoms with Crippen LogP contribution in [0.3, 0.4) is 0 Å². The summed E-state index contributed by atoms with van der Waals surface area (Å²) in [5, 5.41) is 3.57. The lowest BCUT2D eigenvalue weighted by Gasteiger charge is -2.13. The van der Waals surface area contributed by atoms with Gasteiger partial charge in [-0.2, -0.15) is 0 Å². The molecule has 0 unspecified atom stereocenters. The number of hydrogen-bond donors (Lipinski definition) is 1. The molecular formula is C18H23ClN2O3. The molecule has 2 heterocycles. The Balaban J connectivity index is 0.00000208. The van der Waals surface area contributed by atoms with Gasteiger partial charge in [-0.05, 0) is 57.5 Å². The second kappa shape index (κ2) is 8.85. The summed E-state index contributed by atoms with van der Waals surface area (Å²) in [6.07, 6.45) is 4.58. The van der Waals surface area contributed by atoms with E-state index in [1.54, 1.807) is 18.2 Å². The van der Waals surface area contributed by atoms with Crippen LogP contribution in [0.15, 0.2) is 39.5 Å². The van der Waals surface area contributed by atoms with Crippen LogP contribution in [-0.4, -0.2) is 37.0 Å². The number of amides is 1. The smallest absolute Gasteiger partial charge is 0.349 e. The molecule has 0 radical (unpaired) electrons. The number of carbonyl (C=O) groups is 1. The molecule has 1 saturated heterocycles. The molecule has 0 aliphatic carbocycles. The molecule has 0 spiro atoms. The summed E-state index contributed by atoms with van der Waals surface area (Å²) >= 11 is 0. The highest BCUT2D eigenvalue weighted by Crippen LogP contribution is 2.12. The lowest BCUT2D eigenvalue weighted by molar-refractivity contribution is 0.0949. The zero-order valence-electron chi connectivity index (χ0n) is 13.6. The van der Waals surface area contributed by atoms with E-state index in [2.05, 4.69) is 10.2 Å². The van der Waals surface area contributed by atoms with Crippen LogP contribution in [0.1, 0.15) is 36.0 Å². The van der Waals surface area contributed by atoms with Gasteiger partial charge in [-0.3, -0.25) is 4.79 Å². The largest absolute Gasteiger partial charge is 0.422 e. The number of rotatable bonds is 6. The zero-order valence-corrected chi connectivity index (χ0v) is 14.4. The van der Waals surface area contributed by atoms with E-state index >= 15 is 0 Å². The minimum absolute atomic E-state index is 0. The first-order chi connectivity index (χ1) is 11.2. The van der Waals surface area contributed by atoms with E-state index in [1.165, 1.54) is 25.9 Å². The van der Waals surface area contributed by atoms with Crippen molar-refractivity contribution in [3.05, 3.63) is 46.3 Å². The van der Waals surface area contributed by atoms with E-state index in [-0.39, 0.29) is 23.9 Å². The molecule has 130 valence electrons. The number of fused-ring (bicyclic) bond motifs is 1. The van der Waals surface area contributed by atoms with Crippen molar-refractivity contribution in [1.29, 1.82) is 0 Å². The minimum atomic E-state index is -0.585. The van der Waals surface area contributed by atoms with Crippen LogP contribution in [0, 0.1) is 0 Å². The molecule has 1 aliphatic rings. The standard InChI is InChI=1S/C18H22N2O3.ClH/c21-17(19-9-3-4-10-20-11-5-6-12-20)15-13-14-7-1-2-8-16(14)23-18(15)22;/h1-2,7-8,13H,3-6,9-12H2,(H,19,21);1H. The molecule has 1 aromatic heterocycles. The van der Waals surface area contributed by atoms with Crippen molar-refractivity contribution in [3.63, 3.8) is 0 Å². The van der Waals surface area contributed by atoms with Gasteiger partial charge in [0, 0.05) is 11.9 Å². The van der Waals surface area contributed by atoms with E-state index in [4.69, 9.17) is 4.42 Å². The van der Waals surface area contributed by atoms with Gasteiger partial charge in [0.05, 0.1) is 0 Å². The Hall–Kier alpha value is -1.85. The number of benzene rings is 1. The van der Waals surface area contributed by atoms with Gasteiger partial charge in [-0.15, -0.1) is 12.4 Å². The highest BCUT2D eigenvalue weighted by atomic mass is 35.5. The number of unbranched alkanes of at least 4 members (excludes halogenated alkanes) is 1. The van der Waals surface area contributed by atoms with Crippen molar-refractivity contribution in [2.45, 2.75) is 25.7 Å². The minimum Gasteiger partial charge on any atom is -0.422 e. The first-order valence-electron chi connectivity index (χ1n) is 8.27. The second-order valence-corrected chi connectivity index (χ2v) is 6.00. The van der Waals surface area contributed by atoms with Crippen molar-refractivity contribution >= 4 is 29.3 Å². The fourth-order valence-electron chi connectivity index (χ4n) is 2.98. The van der Waals surface area contributed by atoms with Gasteiger partial charge in [0.2, 0.25) is 0 Å². The molecule has 3 rings (SSSR count). The number of likely N-dealkylation sites (tertiary alicyclic amines) is 1. The third kappa shape index (κ3) is 4.58. The van der Waals surface area contributed by atoms with Crippen LogP contribution in [-0.2, 0) is 0 Å². The third-order valence-corrected chi connectivity index (χ3v) is 4.27. The maximum absolute atomic E-state index is 12.1. The van der Waals surface area contributed by atoms with E-state index in [9.17, 15) is 9.59 Å². The summed E-state index contributed by atoms with van der Waals surface area (Å²) in [5.41, 5.74) is -0.0128. The number of nitrogens with zero attached hydrogens (tertiary/aromatic N) is 1. The van der Waals surface area contributed by atoms with Crippen molar-refractivity contribution in [3.8, 4) is 0 Å². The SMILES string of the molecule is Cl.O=C(NCCCCN1CCCC1)c1cc2ccccc2oc1=O. The van der Waals surface area contributed by atoms with Crippen LogP contribution in [0.5, 0.6) is 0 Å². The predicted octanol–water partition coefficient (Wildman–Crippen LogP) is 2.82. The maximum atomic E-state index is 12.1. The number of halogens is 1. The molecule has 1 fully saturated rings. The van der Waals surface area contributed by atoms with Crippen molar-refractivity contribution in [2.24, 2.45) is 0 Å². The van der Waals surface area contributed by atoms with Gasteiger partial charge in [-0.1, -0.05) is 18.2 Å². The van der Waals surface area contributed by atoms with Gasteiger partial charge in [-0.25, -0.2) is 4.79 Å². The van der Waals surface area contributed by atoms with Crippen molar-refractivity contribution in [2.75, 3.05) is 26.2 Å². The van der Waals surface area contributed by atoms with Crippen LogP contribution in [0.4, 0.5) is 0 Å². The highest BCUT2D eigenvalue weighted by molar-refractivity contribution is 5.96. The highest BCUT2D eigenvalue weighted by Gasteiger charge is 2.13. The molecule has 24 heavy (non-hydrogen) atoms. The maximum Gasteiger partial charge on any atom is 0.349 e. The molecule has 5 nitrogen and oxygen atoms in total. The van der Waals surface area contributed by atoms with E-state index in [0.29, 0.717) is 12.1 Å². The quantitative estimate of drug-likeness (QED) is 0.642. The number of para-hydroxylation sites is 1. The molecule has 0 atom stereocenters. The Bertz CT molecular complexity index is 738. The molecule has 0 bridgehead atoms. The monoisotopic (exact) mass is 350 g/mol. The molecule has 1 aromatic carbocycles. The van der Waals surface area contributed by atoms with Crippen LogP contribution in [0.2, 0.25) is 0 Å². The van der Waals surface area contributed by atoms with Gasteiger partial charge in [0.15, 0.2) is 0 Å². The van der Waals surface area contributed by atoms with Crippen molar-refractivity contribution < 1.29 is 9.21 Å². The fraction of sp³-hybridized carbons (Fsp3) is 0.444. The van der Waals surface area contributed by atoms with Crippen LogP contribution >= 0.6 is 12.4 Å². The molecule has 1 aliphatic heterocycles. The Morgan fingerprint density at radius 2 is 1.92 bits per heavy atom. The topological polar surface area (TPSA) is 62.6 Å². The van der Waals surface area contributed by atoms with Gasteiger partial charge >= 0.3 is 5.63 Å². The number of carbonyl (C=O) groups excluding carboxylic acids is 1. The summed E-state index contributed by atoms with van der Waals surface area (Å²) in [4.78, 5) is 26.5. The summed E-state index contributed by atoms with van der Waals surface area (Å²) in [6, 6.07) is 8.79. The summed E-state index contributed by atoms with van der Waals surface area (Å²) in [5.74, 6) is -0.356. The Morgan fingerprint density at radius 1 is 1.17 bits per heavy atom. The molecular weight excluding hydrogens is 328 g/mol. The fourth-order valence-corrected chi connectivity index (χ4v) is 2.98. The molecule has 0 saturated carbocycles. The second-order valence-electron chi connectivity index (χ2n) is 6.00. The predicted molar refractivity (Wildman–Crippen MR) is 97.0 cm³/mol. The summed E-state index contributed by atoms with van der Waals surface area (Å²) in [7, 11) is 0. The van der Waals surface area contributed by atoms with Gasteiger partial charge in [0.1, 0.15) is 11.1 Å². The van der Waals surface area contributed by atoms with E-state index in [0.717, 1.165) is 24.8 Å². The summed E-state index contributed by atoms with van der Waals surface area (Å²) < 4.78 is 5.19. The lowest BCUT2D eigenvalue weighted by atomic mass is 10.2. The average Bonchev–Trinajstić information content (AvgIpc) is 3.07. The average molecular weight is 351 g/mol. The third-order valence-electron chi connectivity index (χ3n) is 4.27. The number of hydrogen-bond acceptors (Lipinski definition) is 4. The first-order valence-corrected chi connectivity index (χ1v) is 8.27. The van der Waals surface area contributed by atoms with Crippen LogP contribution in [0.25, 0.3) is 11.0 Å². The van der Waals surface area contributed by atoms with Gasteiger partial charge < -0.3 is 14.6 Å². The van der Waals surface area contributed by atoms with E-state index in [1.807, 2.05) is 12.1 Å². The first kappa shape index (κ1) is 18.5. The summed E-state index contributed by atoms with van der Waals surface area (Å²) in [6.45, 7) is 4.07. The number of nitrogens with one attached hydrogen (secondary N) is 1. The normalized spacial score (nSPS) is 14.5. The molecule has 1 N–H and O–H groups in total.